The highest BCUT2D eigenvalue weighted by Crippen LogP contribution is 2.33. The van der Waals surface area contributed by atoms with Crippen molar-refractivity contribution >= 4 is 5.97 Å². The summed E-state index contributed by atoms with van der Waals surface area (Å²) in [4.78, 5) is 13.4. The first-order valence-corrected chi connectivity index (χ1v) is 5.82. The molecule has 0 unspecified atom stereocenters. The number of likely N-dealkylation sites (tertiary alicyclic amines) is 1. The van der Waals surface area contributed by atoms with Gasteiger partial charge in [-0.2, -0.15) is 0 Å². The summed E-state index contributed by atoms with van der Waals surface area (Å²) < 4.78 is 0. The van der Waals surface area contributed by atoms with E-state index in [1.54, 1.807) is 0 Å². The van der Waals surface area contributed by atoms with Crippen LogP contribution in [0.1, 0.15) is 40.5 Å². The van der Waals surface area contributed by atoms with E-state index in [1.807, 2.05) is 0 Å². The van der Waals surface area contributed by atoms with Crippen molar-refractivity contribution in [3.63, 3.8) is 0 Å². The van der Waals surface area contributed by atoms with Crippen LogP contribution in [-0.2, 0) is 4.79 Å². The Morgan fingerprint density at radius 2 is 2.07 bits per heavy atom. The van der Waals surface area contributed by atoms with Gasteiger partial charge in [-0.15, -0.1) is 0 Å². The molecule has 1 fully saturated rings. The van der Waals surface area contributed by atoms with Gasteiger partial charge < -0.3 is 5.11 Å². The Hall–Kier alpha value is -0.570. The minimum absolute atomic E-state index is 0.163. The highest BCUT2D eigenvalue weighted by Gasteiger charge is 2.39. The molecule has 1 N–H and O–H groups in total. The van der Waals surface area contributed by atoms with E-state index < -0.39 is 5.97 Å². The quantitative estimate of drug-likeness (QED) is 0.781. The molecular weight excluding hydrogens is 190 g/mol. The Kier molecular flexibility index (Phi) is 3.77. The number of carbonyl (C=O) groups is 1. The molecule has 0 radical (unpaired) electrons. The molecule has 0 spiro atoms. The average molecular weight is 213 g/mol. The van der Waals surface area contributed by atoms with Crippen LogP contribution in [0.25, 0.3) is 0 Å². The van der Waals surface area contributed by atoms with Crippen LogP contribution in [0.2, 0.25) is 0 Å². The van der Waals surface area contributed by atoms with Gasteiger partial charge in [-0.3, -0.25) is 9.69 Å². The van der Waals surface area contributed by atoms with Crippen LogP contribution in [0.15, 0.2) is 0 Å². The largest absolute Gasteiger partial charge is 0.481 e. The van der Waals surface area contributed by atoms with Crippen LogP contribution in [0.5, 0.6) is 0 Å². The lowest BCUT2D eigenvalue weighted by atomic mass is 9.83. The standard InChI is InChI=1S/C12H23NO2/c1-5-13-7-6-9(11(14)15)10(13)8-12(2,3)4/h9-10H,5-8H2,1-4H3,(H,14,15)/t9-,10+/m0/s1. The van der Waals surface area contributed by atoms with Gasteiger partial charge in [0.1, 0.15) is 0 Å². The van der Waals surface area contributed by atoms with Gasteiger partial charge in [-0.1, -0.05) is 27.7 Å². The highest BCUT2D eigenvalue weighted by molar-refractivity contribution is 5.71. The van der Waals surface area contributed by atoms with Crippen molar-refractivity contribution in [2.45, 2.75) is 46.6 Å². The van der Waals surface area contributed by atoms with Gasteiger partial charge in [0, 0.05) is 6.04 Å². The summed E-state index contributed by atoms with van der Waals surface area (Å²) in [5.41, 5.74) is 0.204. The summed E-state index contributed by atoms with van der Waals surface area (Å²) in [7, 11) is 0. The predicted octanol–water partition coefficient (Wildman–Crippen LogP) is 2.22. The Morgan fingerprint density at radius 1 is 1.47 bits per heavy atom. The second-order valence-corrected chi connectivity index (χ2v) is 5.69. The minimum atomic E-state index is -0.625. The van der Waals surface area contributed by atoms with Crippen molar-refractivity contribution in [1.29, 1.82) is 0 Å². The predicted molar refractivity (Wildman–Crippen MR) is 60.8 cm³/mol. The van der Waals surface area contributed by atoms with Gasteiger partial charge in [-0.25, -0.2) is 0 Å². The maximum absolute atomic E-state index is 11.1. The van der Waals surface area contributed by atoms with Crippen LogP contribution in [-0.4, -0.2) is 35.1 Å². The molecule has 15 heavy (non-hydrogen) atoms. The summed E-state index contributed by atoms with van der Waals surface area (Å²) in [6.45, 7) is 10.5. The van der Waals surface area contributed by atoms with Crippen molar-refractivity contribution in [2.24, 2.45) is 11.3 Å². The molecule has 0 aromatic heterocycles. The topological polar surface area (TPSA) is 40.5 Å². The Bertz CT molecular complexity index is 232. The number of carboxylic acids is 1. The van der Waals surface area contributed by atoms with Crippen LogP contribution in [0.4, 0.5) is 0 Å². The molecule has 1 aliphatic heterocycles. The van der Waals surface area contributed by atoms with E-state index in [2.05, 4.69) is 32.6 Å². The average Bonchev–Trinajstić information content (AvgIpc) is 2.44. The lowest BCUT2D eigenvalue weighted by Gasteiger charge is -2.31. The molecule has 1 heterocycles. The summed E-state index contributed by atoms with van der Waals surface area (Å²) in [5, 5.41) is 9.17. The first-order chi connectivity index (χ1) is 6.85. The fraction of sp³-hybridized carbons (Fsp3) is 0.917. The molecule has 0 aliphatic carbocycles. The number of nitrogens with zero attached hydrogens (tertiary/aromatic N) is 1. The molecule has 0 amide bonds. The molecule has 0 bridgehead atoms. The maximum atomic E-state index is 11.1. The summed E-state index contributed by atoms with van der Waals surface area (Å²) in [6, 6.07) is 0.229. The molecule has 0 saturated carbocycles. The second-order valence-electron chi connectivity index (χ2n) is 5.69. The molecule has 1 rings (SSSR count). The van der Waals surface area contributed by atoms with E-state index in [-0.39, 0.29) is 17.4 Å². The number of aliphatic carboxylic acids is 1. The van der Waals surface area contributed by atoms with Crippen LogP contribution < -0.4 is 0 Å². The van der Waals surface area contributed by atoms with Crippen LogP contribution in [0, 0.1) is 11.3 Å². The van der Waals surface area contributed by atoms with Gasteiger partial charge >= 0.3 is 5.97 Å². The van der Waals surface area contributed by atoms with Crippen molar-refractivity contribution < 1.29 is 9.90 Å². The van der Waals surface area contributed by atoms with Crippen LogP contribution >= 0.6 is 0 Å². The Morgan fingerprint density at radius 3 is 2.47 bits per heavy atom. The number of hydrogen-bond acceptors (Lipinski definition) is 2. The molecule has 1 saturated heterocycles. The molecule has 88 valence electrons. The molecule has 0 aromatic carbocycles. The smallest absolute Gasteiger partial charge is 0.308 e. The zero-order valence-electron chi connectivity index (χ0n) is 10.3. The third kappa shape index (κ3) is 3.20. The fourth-order valence-electron chi connectivity index (χ4n) is 2.50. The first kappa shape index (κ1) is 12.5. The SMILES string of the molecule is CCN1CC[C@H](C(=O)O)[C@H]1CC(C)(C)C. The second kappa shape index (κ2) is 4.52. The van der Waals surface area contributed by atoms with Gasteiger partial charge in [0.2, 0.25) is 0 Å². The van der Waals surface area contributed by atoms with E-state index in [1.165, 1.54) is 0 Å². The van der Waals surface area contributed by atoms with Crippen molar-refractivity contribution in [1.82, 2.24) is 4.90 Å². The summed E-state index contributed by atoms with van der Waals surface area (Å²) in [5.74, 6) is -0.788. The molecule has 0 aromatic rings. The molecule has 1 aliphatic rings. The molecular formula is C12H23NO2. The lowest BCUT2D eigenvalue weighted by molar-refractivity contribution is -0.142. The Labute approximate surface area is 92.5 Å². The number of hydrogen-bond donors (Lipinski definition) is 1. The minimum Gasteiger partial charge on any atom is -0.481 e. The van der Waals surface area contributed by atoms with E-state index in [4.69, 9.17) is 5.11 Å². The van der Waals surface area contributed by atoms with Gasteiger partial charge in [0.25, 0.3) is 0 Å². The van der Waals surface area contributed by atoms with Gasteiger partial charge in [-0.05, 0) is 31.3 Å². The van der Waals surface area contributed by atoms with Gasteiger partial charge in [0.05, 0.1) is 5.92 Å². The zero-order chi connectivity index (χ0) is 11.6. The van der Waals surface area contributed by atoms with Crippen molar-refractivity contribution in [3.05, 3.63) is 0 Å². The van der Waals surface area contributed by atoms with Crippen LogP contribution in [0.3, 0.4) is 0 Å². The molecule has 3 nitrogen and oxygen atoms in total. The summed E-state index contributed by atoms with van der Waals surface area (Å²) in [6.07, 6.45) is 1.78. The van der Waals surface area contributed by atoms with Crippen molar-refractivity contribution in [2.75, 3.05) is 13.1 Å². The first-order valence-electron chi connectivity index (χ1n) is 5.82. The number of rotatable bonds is 3. The zero-order valence-corrected chi connectivity index (χ0v) is 10.3. The van der Waals surface area contributed by atoms with E-state index in [0.29, 0.717) is 0 Å². The van der Waals surface area contributed by atoms with E-state index in [9.17, 15) is 4.79 Å². The van der Waals surface area contributed by atoms with Crippen molar-refractivity contribution in [3.8, 4) is 0 Å². The lowest BCUT2D eigenvalue weighted by Crippen LogP contribution is -2.38. The Balaban J connectivity index is 2.72. The highest BCUT2D eigenvalue weighted by atomic mass is 16.4. The fourth-order valence-corrected chi connectivity index (χ4v) is 2.50. The van der Waals surface area contributed by atoms with E-state index >= 15 is 0 Å². The molecule has 3 heteroatoms. The monoisotopic (exact) mass is 213 g/mol. The maximum Gasteiger partial charge on any atom is 0.308 e. The van der Waals surface area contributed by atoms with E-state index in [0.717, 1.165) is 25.9 Å². The third-order valence-corrected chi connectivity index (χ3v) is 3.21. The third-order valence-electron chi connectivity index (χ3n) is 3.21. The van der Waals surface area contributed by atoms with Gasteiger partial charge in [0.15, 0.2) is 0 Å². The number of carboxylic acid groups (broad SMARTS) is 1. The molecule has 2 atom stereocenters. The summed E-state index contributed by atoms with van der Waals surface area (Å²) >= 11 is 0. The normalized spacial score (nSPS) is 28.3.